The van der Waals surface area contributed by atoms with E-state index < -0.39 is 0 Å². The summed E-state index contributed by atoms with van der Waals surface area (Å²) in [5, 5.41) is 17.7. The zero-order valence-electron chi connectivity index (χ0n) is 19.7. The van der Waals surface area contributed by atoms with Crippen LogP contribution in [0, 0.1) is 10.8 Å². The van der Waals surface area contributed by atoms with Crippen LogP contribution in [-0.4, -0.2) is 61.1 Å². The Kier molecular flexibility index (Phi) is 6.33. The Morgan fingerprint density at radius 1 is 1.00 bits per heavy atom. The first kappa shape index (κ1) is 22.7. The van der Waals surface area contributed by atoms with Crippen LogP contribution in [0.5, 0.6) is 0 Å². The molecular formula is C26H33N7. The highest BCUT2D eigenvalue weighted by Gasteiger charge is 2.24. The van der Waals surface area contributed by atoms with E-state index in [2.05, 4.69) is 4.90 Å². The molecule has 1 heterocycles. The highest BCUT2D eigenvalue weighted by atomic mass is 15.2. The topological polar surface area (TPSA) is 119 Å². The third-order valence-corrected chi connectivity index (χ3v) is 6.52. The van der Waals surface area contributed by atoms with Crippen LogP contribution in [0.3, 0.4) is 0 Å². The van der Waals surface area contributed by atoms with E-state index in [4.69, 9.17) is 27.3 Å². The fourth-order valence-electron chi connectivity index (χ4n) is 4.63. The molecule has 0 saturated carbocycles. The maximum absolute atomic E-state index is 8.98. The maximum Gasteiger partial charge on any atom is 0.130 e. The number of anilines is 2. The largest absolute Gasteiger partial charge is 0.398 e. The predicted octanol–water partition coefficient (Wildman–Crippen LogP) is 3.76. The van der Waals surface area contributed by atoms with Gasteiger partial charge in [0.25, 0.3) is 0 Å². The molecule has 0 spiro atoms. The lowest BCUT2D eigenvalue weighted by Gasteiger charge is -2.27. The summed E-state index contributed by atoms with van der Waals surface area (Å²) in [6.07, 6.45) is 5.39. The standard InChI is InChI=1S/C26H33N7/c1-32(2)12-13-33(3)26(30)24-21(29)10-11-22-23(24)18-6-4-5-7-19(18)25(31-22)16-8-9-20(28)17(14-16)15-27/h8-11,14-15,27,30H,4-7,12-13,28-29H2,1-3H3. The Balaban J connectivity index is 1.92. The van der Waals surface area contributed by atoms with Crippen molar-refractivity contribution in [2.24, 2.45) is 0 Å². The second kappa shape index (κ2) is 9.19. The minimum Gasteiger partial charge on any atom is -0.398 e. The summed E-state index contributed by atoms with van der Waals surface area (Å²) in [7, 11) is 6.02. The summed E-state index contributed by atoms with van der Waals surface area (Å²) in [6.45, 7) is 1.60. The minimum atomic E-state index is 0.431. The van der Waals surface area contributed by atoms with Gasteiger partial charge in [-0.15, -0.1) is 0 Å². The van der Waals surface area contributed by atoms with Crippen molar-refractivity contribution in [3.63, 3.8) is 0 Å². The first-order chi connectivity index (χ1) is 15.8. The molecule has 0 unspecified atom stereocenters. The van der Waals surface area contributed by atoms with Crippen molar-refractivity contribution >= 4 is 34.3 Å². The average Bonchev–Trinajstić information content (AvgIpc) is 2.82. The van der Waals surface area contributed by atoms with Crippen LogP contribution in [0.25, 0.3) is 22.2 Å². The van der Waals surface area contributed by atoms with E-state index in [0.29, 0.717) is 22.8 Å². The third kappa shape index (κ3) is 4.28. The molecule has 4 rings (SSSR count). The molecule has 0 saturated heterocycles. The molecule has 33 heavy (non-hydrogen) atoms. The number of nitrogen functional groups attached to an aromatic ring is 2. The average molecular weight is 444 g/mol. The van der Waals surface area contributed by atoms with Crippen molar-refractivity contribution in [3.05, 3.63) is 52.6 Å². The number of aryl methyl sites for hydroxylation is 1. The number of aromatic nitrogens is 1. The van der Waals surface area contributed by atoms with E-state index >= 15 is 0 Å². The highest BCUT2D eigenvalue weighted by Crippen LogP contribution is 2.38. The van der Waals surface area contributed by atoms with Crippen molar-refractivity contribution in [2.45, 2.75) is 25.7 Å². The summed E-state index contributed by atoms with van der Waals surface area (Å²) in [4.78, 5) is 9.16. The van der Waals surface area contributed by atoms with Gasteiger partial charge in [0, 0.05) is 59.8 Å². The van der Waals surface area contributed by atoms with E-state index in [1.54, 1.807) is 0 Å². The van der Waals surface area contributed by atoms with Gasteiger partial charge < -0.3 is 26.7 Å². The van der Waals surface area contributed by atoms with Gasteiger partial charge in [-0.3, -0.25) is 5.41 Å². The van der Waals surface area contributed by atoms with Crippen LogP contribution in [0.15, 0.2) is 30.3 Å². The van der Waals surface area contributed by atoms with Gasteiger partial charge in [-0.25, -0.2) is 4.98 Å². The molecule has 1 aliphatic carbocycles. The fraction of sp³-hybridized carbons (Fsp3) is 0.346. The molecule has 1 aromatic heterocycles. The number of fused-ring (bicyclic) bond motifs is 3. The Morgan fingerprint density at radius 2 is 1.70 bits per heavy atom. The molecule has 7 heteroatoms. The molecule has 0 bridgehead atoms. The normalized spacial score (nSPS) is 13.2. The Hall–Kier alpha value is -3.45. The number of likely N-dealkylation sites (N-methyl/N-ethyl adjacent to an activating group) is 2. The van der Waals surface area contributed by atoms with Gasteiger partial charge in [0.05, 0.1) is 11.2 Å². The van der Waals surface area contributed by atoms with Gasteiger partial charge in [-0.05, 0) is 75.2 Å². The summed E-state index contributed by atoms with van der Waals surface area (Å²) in [6, 6.07) is 9.61. The molecule has 3 aromatic rings. The molecule has 0 atom stereocenters. The Labute approximate surface area is 195 Å². The lowest BCUT2D eigenvalue weighted by atomic mass is 9.84. The third-order valence-electron chi connectivity index (χ3n) is 6.52. The van der Waals surface area contributed by atoms with E-state index in [0.717, 1.165) is 66.5 Å². The molecule has 1 aliphatic rings. The molecule has 0 fully saturated rings. The van der Waals surface area contributed by atoms with Gasteiger partial charge in [0.2, 0.25) is 0 Å². The van der Waals surface area contributed by atoms with E-state index in [1.165, 1.54) is 17.3 Å². The first-order valence-electron chi connectivity index (χ1n) is 11.4. The number of hydrogen-bond donors (Lipinski definition) is 4. The molecule has 2 aromatic carbocycles. The number of nitrogens with two attached hydrogens (primary N) is 2. The van der Waals surface area contributed by atoms with Crippen molar-refractivity contribution in [1.29, 1.82) is 10.8 Å². The van der Waals surface area contributed by atoms with Crippen molar-refractivity contribution in [1.82, 2.24) is 14.8 Å². The fourth-order valence-corrected chi connectivity index (χ4v) is 4.63. The Morgan fingerprint density at radius 3 is 2.39 bits per heavy atom. The smallest absolute Gasteiger partial charge is 0.130 e. The van der Waals surface area contributed by atoms with Crippen molar-refractivity contribution in [2.75, 3.05) is 45.7 Å². The van der Waals surface area contributed by atoms with Gasteiger partial charge in [-0.2, -0.15) is 0 Å². The lowest BCUT2D eigenvalue weighted by molar-refractivity contribution is 0.356. The zero-order chi connectivity index (χ0) is 23.7. The number of nitrogens with one attached hydrogen (secondary N) is 2. The van der Waals surface area contributed by atoms with Crippen LogP contribution in [-0.2, 0) is 12.8 Å². The van der Waals surface area contributed by atoms with Crippen LogP contribution in [0.2, 0.25) is 0 Å². The number of hydrogen-bond acceptors (Lipinski definition) is 6. The van der Waals surface area contributed by atoms with E-state index in [9.17, 15) is 0 Å². The van der Waals surface area contributed by atoms with Crippen LogP contribution in [0.4, 0.5) is 11.4 Å². The molecule has 0 radical (unpaired) electrons. The van der Waals surface area contributed by atoms with Crippen molar-refractivity contribution in [3.8, 4) is 11.3 Å². The van der Waals surface area contributed by atoms with Crippen LogP contribution < -0.4 is 11.5 Å². The summed E-state index contributed by atoms with van der Waals surface area (Å²) >= 11 is 0. The number of nitrogens with zero attached hydrogens (tertiary/aromatic N) is 3. The van der Waals surface area contributed by atoms with Gasteiger partial charge in [-0.1, -0.05) is 6.07 Å². The number of rotatable bonds is 6. The van der Waals surface area contributed by atoms with Gasteiger partial charge in [0.15, 0.2) is 0 Å². The number of pyridine rings is 1. The SMILES string of the molecule is CN(C)CCN(C)C(=N)c1c(N)ccc2nc(-c3ccc(N)c(C=N)c3)c3c(c12)CCCC3. The molecule has 172 valence electrons. The van der Waals surface area contributed by atoms with Gasteiger partial charge >= 0.3 is 0 Å². The van der Waals surface area contributed by atoms with Gasteiger partial charge in [0.1, 0.15) is 5.84 Å². The highest BCUT2D eigenvalue weighted by molar-refractivity contribution is 6.13. The number of benzene rings is 2. The monoisotopic (exact) mass is 443 g/mol. The number of amidine groups is 1. The molecule has 7 nitrogen and oxygen atoms in total. The second-order valence-corrected chi connectivity index (χ2v) is 9.11. The molecule has 0 amide bonds. The molecule has 6 N–H and O–H groups in total. The maximum atomic E-state index is 8.98. The summed E-state index contributed by atoms with van der Waals surface area (Å²) in [5.41, 5.74) is 20.4. The molecule has 0 aliphatic heterocycles. The zero-order valence-corrected chi connectivity index (χ0v) is 19.7. The van der Waals surface area contributed by atoms with Crippen LogP contribution in [0.1, 0.15) is 35.1 Å². The second-order valence-electron chi connectivity index (χ2n) is 9.11. The summed E-state index contributed by atoms with van der Waals surface area (Å²) in [5.74, 6) is 0.431. The first-order valence-corrected chi connectivity index (χ1v) is 11.4. The summed E-state index contributed by atoms with van der Waals surface area (Å²) < 4.78 is 0. The van der Waals surface area contributed by atoms with Crippen LogP contribution >= 0.6 is 0 Å². The van der Waals surface area contributed by atoms with E-state index in [-0.39, 0.29) is 0 Å². The molecular weight excluding hydrogens is 410 g/mol. The Bertz CT molecular complexity index is 1230. The van der Waals surface area contributed by atoms with Crippen molar-refractivity contribution < 1.29 is 0 Å². The predicted molar refractivity (Wildman–Crippen MR) is 139 cm³/mol. The minimum absolute atomic E-state index is 0.431. The quantitative estimate of drug-likeness (QED) is 0.263. The lowest BCUT2D eigenvalue weighted by Crippen LogP contribution is -2.34. The van der Waals surface area contributed by atoms with E-state index in [1.807, 2.05) is 56.4 Å².